The molecule has 1 aliphatic rings. The van der Waals surface area contributed by atoms with E-state index in [0.717, 1.165) is 11.1 Å². The molecule has 0 unspecified atom stereocenters. The van der Waals surface area contributed by atoms with Crippen LogP contribution in [0, 0.1) is 0 Å². The lowest BCUT2D eigenvalue weighted by molar-refractivity contribution is 0.102. The second-order valence-corrected chi connectivity index (χ2v) is 6.09. The molecule has 27 heavy (non-hydrogen) atoms. The molecule has 1 amide bonds. The van der Waals surface area contributed by atoms with Crippen molar-refractivity contribution in [1.82, 2.24) is 0 Å². The van der Waals surface area contributed by atoms with Gasteiger partial charge in [-0.25, -0.2) is 0 Å². The first-order valence-corrected chi connectivity index (χ1v) is 8.69. The highest BCUT2D eigenvalue weighted by Crippen LogP contribution is 2.33. The van der Waals surface area contributed by atoms with Crippen LogP contribution in [0.1, 0.15) is 10.4 Å². The Kier molecular flexibility index (Phi) is 4.66. The van der Waals surface area contributed by atoms with Crippen LogP contribution >= 0.6 is 0 Å². The van der Waals surface area contributed by atoms with Gasteiger partial charge in [0.2, 0.25) is 0 Å². The first-order chi connectivity index (χ1) is 13.2. The first kappa shape index (κ1) is 17.0. The van der Waals surface area contributed by atoms with Gasteiger partial charge in [0.15, 0.2) is 11.5 Å². The molecule has 5 nitrogen and oxygen atoms in total. The summed E-state index contributed by atoms with van der Waals surface area (Å²) in [7, 11) is 1.55. The molecule has 0 aromatic heterocycles. The van der Waals surface area contributed by atoms with Crippen molar-refractivity contribution in [3.8, 4) is 28.4 Å². The molecule has 0 aliphatic carbocycles. The van der Waals surface area contributed by atoms with E-state index in [2.05, 4.69) is 5.32 Å². The van der Waals surface area contributed by atoms with E-state index in [-0.39, 0.29) is 5.91 Å². The lowest BCUT2D eigenvalue weighted by atomic mass is 10.0. The fourth-order valence-corrected chi connectivity index (χ4v) is 3.02. The highest BCUT2D eigenvalue weighted by molar-refractivity contribution is 6.07. The van der Waals surface area contributed by atoms with Crippen LogP contribution in [0.25, 0.3) is 11.1 Å². The minimum atomic E-state index is -0.249. The lowest BCUT2D eigenvalue weighted by Crippen LogP contribution is -2.16. The van der Waals surface area contributed by atoms with Crippen molar-refractivity contribution < 1.29 is 19.0 Å². The van der Waals surface area contributed by atoms with Crippen molar-refractivity contribution in [3.63, 3.8) is 0 Å². The van der Waals surface area contributed by atoms with Gasteiger partial charge >= 0.3 is 0 Å². The summed E-state index contributed by atoms with van der Waals surface area (Å²) in [6, 6.07) is 20.8. The molecule has 1 heterocycles. The molecule has 1 aliphatic heterocycles. The number of methoxy groups -OCH3 is 1. The van der Waals surface area contributed by atoms with Gasteiger partial charge in [-0.15, -0.1) is 0 Å². The Hall–Kier alpha value is -3.47. The number of fused-ring (bicyclic) bond motifs is 1. The van der Waals surface area contributed by atoms with E-state index in [1.54, 1.807) is 31.4 Å². The predicted octanol–water partition coefficient (Wildman–Crippen LogP) is 4.39. The molecular weight excluding hydrogens is 342 g/mol. The molecule has 1 N–H and O–H groups in total. The molecule has 3 aromatic rings. The number of nitrogens with one attached hydrogen (secondary N) is 1. The van der Waals surface area contributed by atoms with E-state index in [9.17, 15) is 4.79 Å². The second kappa shape index (κ2) is 7.41. The van der Waals surface area contributed by atoms with Crippen molar-refractivity contribution in [2.45, 2.75) is 0 Å². The van der Waals surface area contributed by atoms with E-state index in [1.165, 1.54) is 0 Å². The number of carbonyl (C=O) groups is 1. The van der Waals surface area contributed by atoms with Crippen LogP contribution < -0.4 is 19.5 Å². The van der Waals surface area contributed by atoms with Gasteiger partial charge in [-0.1, -0.05) is 36.4 Å². The fourth-order valence-electron chi connectivity index (χ4n) is 3.02. The van der Waals surface area contributed by atoms with Gasteiger partial charge in [-0.3, -0.25) is 4.79 Å². The topological polar surface area (TPSA) is 56.8 Å². The number of ether oxygens (including phenoxy) is 3. The van der Waals surface area contributed by atoms with Crippen LogP contribution in [-0.4, -0.2) is 26.2 Å². The Morgan fingerprint density at radius 2 is 1.67 bits per heavy atom. The van der Waals surface area contributed by atoms with Crippen molar-refractivity contribution in [3.05, 3.63) is 72.3 Å². The first-order valence-electron chi connectivity index (χ1n) is 8.69. The predicted molar refractivity (Wildman–Crippen MR) is 104 cm³/mol. The Morgan fingerprint density at radius 1 is 0.889 bits per heavy atom. The van der Waals surface area contributed by atoms with Gasteiger partial charge in [0.1, 0.15) is 19.0 Å². The molecule has 0 spiro atoms. The molecule has 0 saturated heterocycles. The summed E-state index contributed by atoms with van der Waals surface area (Å²) in [6.45, 7) is 1.03. The van der Waals surface area contributed by atoms with Crippen molar-refractivity contribution in [1.29, 1.82) is 0 Å². The molecule has 4 rings (SSSR count). The Bertz CT molecular complexity index is 969. The molecule has 0 fully saturated rings. The number of hydrogen-bond acceptors (Lipinski definition) is 4. The monoisotopic (exact) mass is 361 g/mol. The Morgan fingerprint density at radius 3 is 2.44 bits per heavy atom. The smallest absolute Gasteiger partial charge is 0.259 e. The number of rotatable bonds is 4. The number of amides is 1. The highest BCUT2D eigenvalue weighted by Gasteiger charge is 2.16. The zero-order valence-electron chi connectivity index (χ0n) is 14.9. The summed E-state index contributed by atoms with van der Waals surface area (Å²) in [6.07, 6.45) is 0. The largest absolute Gasteiger partial charge is 0.496 e. The minimum Gasteiger partial charge on any atom is -0.496 e. The van der Waals surface area contributed by atoms with E-state index in [4.69, 9.17) is 14.2 Å². The molecule has 0 saturated carbocycles. The quantitative estimate of drug-likeness (QED) is 0.749. The Balaban J connectivity index is 1.63. The standard InChI is InChI=1S/C22H19NO4/c1-25-19-9-7-16(15-5-3-2-4-6-15)13-18(19)22(24)23-17-8-10-20-21(14-17)27-12-11-26-20/h2-10,13-14H,11-12H2,1H3,(H,23,24). The lowest BCUT2D eigenvalue weighted by Gasteiger charge is -2.19. The van der Waals surface area contributed by atoms with Crippen LogP contribution in [0.5, 0.6) is 17.2 Å². The molecule has 0 radical (unpaired) electrons. The number of benzene rings is 3. The average Bonchev–Trinajstić information content (AvgIpc) is 2.73. The normalized spacial score (nSPS) is 12.3. The molecule has 0 atom stereocenters. The maximum atomic E-state index is 12.9. The third kappa shape index (κ3) is 3.58. The van der Waals surface area contributed by atoms with Gasteiger partial charge < -0.3 is 19.5 Å². The average molecular weight is 361 g/mol. The molecule has 5 heteroatoms. The van der Waals surface area contributed by atoms with Crippen LogP contribution in [0.3, 0.4) is 0 Å². The SMILES string of the molecule is COc1ccc(-c2ccccc2)cc1C(=O)Nc1ccc2c(c1)OCCO2. The molecular formula is C22H19NO4. The summed E-state index contributed by atoms with van der Waals surface area (Å²) >= 11 is 0. The molecule has 0 bridgehead atoms. The minimum absolute atomic E-state index is 0.249. The van der Waals surface area contributed by atoms with E-state index in [1.807, 2.05) is 42.5 Å². The maximum Gasteiger partial charge on any atom is 0.259 e. The zero-order chi connectivity index (χ0) is 18.6. The van der Waals surface area contributed by atoms with Gasteiger partial charge in [0, 0.05) is 11.8 Å². The summed E-state index contributed by atoms with van der Waals surface area (Å²) in [5.74, 6) is 1.58. The van der Waals surface area contributed by atoms with Crippen LogP contribution in [0.15, 0.2) is 66.7 Å². The molecule has 3 aromatic carbocycles. The van der Waals surface area contributed by atoms with E-state index in [0.29, 0.717) is 41.7 Å². The van der Waals surface area contributed by atoms with Gasteiger partial charge in [0.05, 0.1) is 12.7 Å². The zero-order valence-corrected chi connectivity index (χ0v) is 14.9. The Labute approximate surface area is 157 Å². The van der Waals surface area contributed by atoms with Gasteiger partial charge in [0.25, 0.3) is 5.91 Å². The number of hydrogen-bond donors (Lipinski definition) is 1. The summed E-state index contributed by atoms with van der Waals surface area (Å²) in [4.78, 5) is 12.9. The van der Waals surface area contributed by atoms with Gasteiger partial charge in [-0.2, -0.15) is 0 Å². The third-order valence-corrected chi connectivity index (χ3v) is 4.35. The van der Waals surface area contributed by atoms with E-state index >= 15 is 0 Å². The fraction of sp³-hybridized carbons (Fsp3) is 0.136. The van der Waals surface area contributed by atoms with Crippen LogP contribution in [0.4, 0.5) is 5.69 Å². The van der Waals surface area contributed by atoms with Crippen molar-refractivity contribution in [2.24, 2.45) is 0 Å². The summed E-state index contributed by atoms with van der Waals surface area (Å²) in [5.41, 5.74) is 3.09. The summed E-state index contributed by atoms with van der Waals surface area (Å²) < 4.78 is 16.5. The van der Waals surface area contributed by atoms with Crippen LogP contribution in [0.2, 0.25) is 0 Å². The van der Waals surface area contributed by atoms with Crippen LogP contribution in [-0.2, 0) is 0 Å². The number of anilines is 1. The van der Waals surface area contributed by atoms with Crippen molar-refractivity contribution >= 4 is 11.6 Å². The van der Waals surface area contributed by atoms with E-state index < -0.39 is 0 Å². The summed E-state index contributed by atoms with van der Waals surface area (Å²) in [5, 5.41) is 2.91. The molecule has 136 valence electrons. The maximum absolute atomic E-state index is 12.9. The van der Waals surface area contributed by atoms with Gasteiger partial charge in [-0.05, 0) is 35.4 Å². The number of carbonyl (C=O) groups excluding carboxylic acids is 1. The van der Waals surface area contributed by atoms with Crippen molar-refractivity contribution in [2.75, 3.05) is 25.6 Å². The third-order valence-electron chi connectivity index (χ3n) is 4.35. The highest BCUT2D eigenvalue weighted by atomic mass is 16.6. The second-order valence-electron chi connectivity index (χ2n) is 6.09.